The van der Waals surface area contributed by atoms with Crippen LogP contribution in [0.5, 0.6) is 0 Å². The number of carboxylic acids is 1. The van der Waals surface area contributed by atoms with E-state index >= 15 is 0 Å². The number of carbonyl (C=O) groups excluding carboxylic acids is 1. The van der Waals surface area contributed by atoms with Crippen LogP contribution in [-0.2, 0) is 9.59 Å². The molecule has 0 aliphatic carbocycles. The van der Waals surface area contributed by atoms with Gasteiger partial charge in [-0.25, -0.2) is 4.79 Å². The summed E-state index contributed by atoms with van der Waals surface area (Å²) in [5.74, 6) is -1.10. The van der Waals surface area contributed by atoms with Gasteiger partial charge in [0.05, 0.1) is 0 Å². The maximum atomic E-state index is 9.51. The van der Waals surface area contributed by atoms with Gasteiger partial charge in [0, 0.05) is 6.08 Å². The van der Waals surface area contributed by atoms with E-state index in [2.05, 4.69) is 0 Å². The summed E-state index contributed by atoms with van der Waals surface area (Å²) in [6, 6.07) is 0. The minimum atomic E-state index is -1.10. The molecule has 0 radical (unpaired) electrons. The predicted molar refractivity (Wildman–Crippen MR) is 30.0 cm³/mol. The van der Waals surface area contributed by atoms with Gasteiger partial charge in [-0.1, -0.05) is 0 Å². The summed E-state index contributed by atoms with van der Waals surface area (Å²) in [6.45, 7) is 0. The number of rotatable bonds is 2. The molecule has 0 aliphatic heterocycles. The van der Waals surface area contributed by atoms with E-state index in [1.165, 1.54) is 0 Å². The summed E-state index contributed by atoms with van der Waals surface area (Å²) < 4.78 is 0. The average molecular weight is 124 g/mol. The number of carboxylic acid groups (broad SMARTS) is 1. The zero-order valence-electron chi connectivity index (χ0n) is 3.50. The molecule has 0 saturated heterocycles. The van der Waals surface area contributed by atoms with Gasteiger partial charge in [0.25, 0.3) is 0 Å². The summed E-state index contributed by atoms with van der Waals surface area (Å²) >= 11 is 0. The van der Waals surface area contributed by atoms with Gasteiger partial charge in [0.2, 0.25) is 0 Å². The van der Waals surface area contributed by atoms with Crippen molar-refractivity contribution < 1.29 is 14.7 Å². The van der Waals surface area contributed by atoms with E-state index in [0.717, 1.165) is 12.2 Å². The molecule has 0 amide bonds. The van der Waals surface area contributed by atoms with Crippen molar-refractivity contribution in [3.63, 3.8) is 0 Å². The molecular weight excluding hydrogens is 119 g/mol. The summed E-state index contributed by atoms with van der Waals surface area (Å²) in [5.41, 5.74) is 0. The molecule has 1 N–H and O–H groups in total. The van der Waals surface area contributed by atoms with E-state index < -0.39 is 5.97 Å². The molecule has 0 aromatic rings. The van der Waals surface area contributed by atoms with Crippen LogP contribution in [-0.4, -0.2) is 46.9 Å². The molecule has 4 heteroatoms. The first-order chi connectivity index (χ1) is 3.27. The zero-order valence-corrected chi connectivity index (χ0v) is 3.50. The zero-order chi connectivity index (χ0) is 5.70. The fraction of sp³-hybridized carbons (Fsp3) is 0. The molecule has 0 fully saturated rings. The molecule has 0 aliphatic rings. The Hall–Kier alpha value is -0.120. The van der Waals surface area contributed by atoms with Crippen molar-refractivity contribution in [1.29, 1.82) is 0 Å². The molecule has 0 bridgehead atoms. The van der Waals surface area contributed by atoms with E-state index in [0.29, 0.717) is 6.29 Å². The number of allylic oxidation sites excluding steroid dienone is 1. The van der Waals surface area contributed by atoms with Crippen molar-refractivity contribution in [2.75, 3.05) is 0 Å². The van der Waals surface area contributed by atoms with E-state index in [1.807, 2.05) is 0 Å². The molecule has 40 valence electrons. The quantitative estimate of drug-likeness (QED) is 0.297. The Morgan fingerprint density at radius 1 is 1.50 bits per heavy atom. The second-order valence-corrected chi connectivity index (χ2v) is 0.833. The number of hydrogen-bond donors (Lipinski definition) is 1. The minimum absolute atomic E-state index is 0. The Balaban J connectivity index is 0. The van der Waals surface area contributed by atoms with Crippen molar-refractivity contribution in [2.24, 2.45) is 0 Å². The average Bonchev–Trinajstić information content (AvgIpc) is 1.61. The fourth-order valence-electron chi connectivity index (χ4n) is 0.122. The summed E-state index contributed by atoms with van der Waals surface area (Å²) in [7, 11) is 0. The summed E-state index contributed by atoms with van der Waals surface area (Å²) in [6.07, 6.45) is 2.10. The molecule has 0 aromatic carbocycles. The molecule has 0 saturated carbocycles. The van der Waals surface area contributed by atoms with Crippen LogP contribution in [0.4, 0.5) is 0 Å². The summed E-state index contributed by atoms with van der Waals surface area (Å²) in [5, 5.41) is 7.80. The van der Waals surface area contributed by atoms with Crippen LogP contribution in [0.2, 0.25) is 0 Å². The first-order valence-electron chi connectivity index (χ1n) is 1.62. The number of carbonyl (C=O) groups is 2. The van der Waals surface area contributed by atoms with Gasteiger partial charge in [0.1, 0.15) is 6.29 Å². The van der Waals surface area contributed by atoms with Crippen LogP contribution in [0.3, 0.4) is 0 Å². The van der Waals surface area contributed by atoms with Crippen LogP contribution < -0.4 is 0 Å². The molecule has 0 unspecified atom stereocenters. The standard InChI is InChI=1S/C4H4O3.Na.H/c5-3-1-2-4(6)7;;/h1-3H,(H,6,7);;. The Morgan fingerprint density at radius 3 is 2.12 bits per heavy atom. The topological polar surface area (TPSA) is 54.4 Å². The second-order valence-electron chi connectivity index (χ2n) is 0.833. The first-order valence-corrected chi connectivity index (χ1v) is 1.62. The third-order valence-corrected chi connectivity index (χ3v) is 0.317. The molecule has 0 rings (SSSR count). The Bertz CT molecular complexity index is 108. The monoisotopic (exact) mass is 124 g/mol. The number of hydrogen-bond acceptors (Lipinski definition) is 2. The van der Waals surface area contributed by atoms with Crippen LogP contribution >= 0.6 is 0 Å². The molecule has 0 atom stereocenters. The number of aliphatic carboxylic acids is 1. The van der Waals surface area contributed by atoms with E-state index in [9.17, 15) is 9.59 Å². The Labute approximate surface area is 68.7 Å². The fourth-order valence-corrected chi connectivity index (χ4v) is 0.122. The van der Waals surface area contributed by atoms with E-state index in [-0.39, 0.29) is 29.6 Å². The molecular formula is C4H5NaO3. The van der Waals surface area contributed by atoms with Gasteiger partial charge in [-0.3, -0.25) is 4.79 Å². The van der Waals surface area contributed by atoms with Crippen molar-refractivity contribution in [3.05, 3.63) is 12.2 Å². The maximum absolute atomic E-state index is 9.51. The van der Waals surface area contributed by atoms with Crippen molar-refractivity contribution in [3.8, 4) is 0 Å². The van der Waals surface area contributed by atoms with Crippen molar-refractivity contribution >= 4 is 41.8 Å². The van der Waals surface area contributed by atoms with Crippen LogP contribution in [0, 0.1) is 0 Å². The van der Waals surface area contributed by atoms with Crippen LogP contribution in [0.25, 0.3) is 0 Å². The third kappa shape index (κ3) is 9.30. The van der Waals surface area contributed by atoms with Gasteiger partial charge in [0.15, 0.2) is 0 Å². The SMILES string of the molecule is O=CC=CC(=O)O.[NaH]. The molecule has 0 spiro atoms. The molecule has 0 aromatic heterocycles. The van der Waals surface area contributed by atoms with Crippen LogP contribution in [0.15, 0.2) is 12.2 Å². The summed E-state index contributed by atoms with van der Waals surface area (Å²) in [4.78, 5) is 18.9. The van der Waals surface area contributed by atoms with Gasteiger partial charge in [-0.15, -0.1) is 0 Å². The predicted octanol–water partition coefficient (Wildman–Crippen LogP) is -0.822. The molecule has 8 heavy (non-hydrogen) atoms. The van der Waals surface area contributed by atoms with Gasteiger partial charge in [-0.2, -0.15) is 0 Å². The number of aldehydes is 1. The van der Waals surface area contributed by atoms with Gasteiger partial charge in [-0.05, 0) is 6.08 Å². The van der Waals surface area contributed by atoms with Crippen molar-refractivity contribution in [2.45, 2.75) is 0 Å². The Morgan fingerprint density at radius 2 is 2.00 bits per heavy atom. The normalized spacial score (nSPS) is 8.00. The van der Waals surface area contributed by atoms with Gasteiger partial charge >= 0.3 is 35.5 Å². The first kappa shape index (κ1) is 10.8. The van der Waals surface area contributed by atoms with E-state index in [4.69, 9.17) is 5.11 Å². The van der Waals surface area contributed by atoms with Crippen LogP contribution in [0.1, 0.15) is 0 Å². The molecule has 0 heterocycles. The Kier molecular flexibility index (Phi) is 9.28. The molecule has 3 nitrogen and oxygen atoms in total. The second kappa shape index (κ2) is 6.88. The van der Waals surface area contributed by atoms with E-state index in [1.54, 1.807) is 0 Å². The van der Waals surface area contributed by atoms with Gasteiger partial charge < -0.3 is 5.11 Å². The third-order valence-electron chi connectivity index (χ3n) is 0.317. The van der Waals surface area contributed by atoms with Crippen molar-refractivity contribution in [1.82, 2.24) is 0 Å².